The average molecular weight is 275 g/mol. The minimum Gasteiger partial charge on any atom is -0.481 e. The Morgan fingerprint density at radius 2 is 1.90 bits per heavy atom. The van der Waals surface area contributed by atoms with Crippen LogP contribution in [-0.2, 0) is 9.59 Å². The molecule has 2 N–H and O–H groups in total. The third-order valence-corrected chi connectivity index (χ3v) is 4.17. The molecule has 1 aliphatic carbocycles. The van der Waals surface area contributed by atoms with Gasteiger partial charge in [0.25, 0.3) is 0 Å². The number of nitrogens with one attached hydrogen (secondary N) is 1. The van der Waals surface area contributed by atoms with E-state index in [-0.39, 0.29) is 23.8 Å². The largest absolute Gasteiger partial charge is 0.481 e. The highest BCUT2D eigenvalue weighted by molar-refractivity contribution is 5.81. The van der Waals surface area contributed by atoms with E-state index >= 15 is 0 Å². The molecule has 4 heteroatoms. The van der Waals surface area contributed by atoms with Crippen molar-refractivity contribution < 1.29 is 14.7 Å². The predicted molar refractivity (Wildman–Crippen MR) is 76.2 cm³/mol. The van der Waals surface area contributed by atoms with Crippen molar-refractivity contribution in [2.45, 2.75) is 39.2 Å². The maximum atomic E-state index is 12.2. The van der Waals surface area contributed by atoms with Crippen LogP contribution in [0.2, 0.25) is 0 Å². The summed E-state index contributed by atoms with van der Waals surface area (Å²) in [4.78, 5) is 23.1. The number of aryl methyl sites for hydroxylation is 1. The van der Waals surface area contributed by atoms with Gasteiger partial charge in [0.2, 0.25) is 5.91 Å². The van der Waals surface area contributed by atoms with Crippen molar-refractivity contribution in [2.24, 2.45) is 11.8 Å². The van der Waals surface area contributed by atoms with Crippen molar-refractivity contribution in [3.8, 4) is 0 Å². The van der Waals surface area contributed by atoms with Gasteiger partial charge in [0.1, 0.15) is 0 Å². The van der Waals surface area contributed by atoms with Gasteiger partial charge in [0.05, 0.1) is 12.0 Å². The number of aliphatic carboxylic acids is 1. The molecule has 1 fully saturated rings. The Labute approximate surface area is 119 Å². The van der Waals surface area contributed by atoms with Gasteiger partial charge in [-0.25, -0.2) is 0 Å². The number of hydrogen-bond acceptors (Lipinski definition) is 2. The summed E-state index contributed by atoms with van der Waals surface area (Å²) in [6.07, 6.45) is 1.73. The summed E-state index contributed by atoms with van der Waals surface area (Å²) in [6, 6.07) is 7.92. The maximum absolute atomic E-state index is 12.2. The van der Waals surface area contributed by atoms with E-state index in [1.54, 1.807) is 0 Å². The van der Waals surface area contributed by atoms with E-state index in [9.17, 15) is 9.59 Å². The van der Waals surface area contributed by atoms with Gasteiger partial charge in [0, 0.05) is 5.92 Å². The molecule has 4 nitrogen and oxygen atoms in total. The molecular weight excluding hydrogens is 254 g/mol. The summed E-state index contributed by atoms with van der Waals surface area (Å²) in [5.41, 5.74) is 2.25. The molecule has 0 saturated heterocycles. The lowest BCUT2D eigenvalue weighted by Crippen LogP contribution is -2.32. The summed E-state index contributed by atoms with van der Waals surface area (Å²) in [5.74, 6) is -1.33. The lowest BCUT2D eigenvalue weighted by Gasteiger charge is -2.19. The molecule has 1 aromatic rings. The van der Waals surface area contributed by atoms with Gasteiger partial charge in [-0.15, -0.1) is 0 Å². The molecule has 20 heavy (non-hydrogen) atoms. The van der Waals surface area contributed by atoms with E-state index in [1.165, 1.54) is 0 Å². The van der Waals surface area contributed by atoms with Crippen LogP contribution in [0, 0.1) is 18.8 Å². The molecule has 0 bridgehead atoms. The molecule has 1 unspecified atom stereocenters. The topological polar surface area (TPSA) is 66.4 Å². The van der Waals surface area contributed by atoms with Crippen molar-refractivity contribution in [3.63, 3.8) is 0 Å². The number of amides is 1. The van der Waals surface area contributed by atoms with E-state index in [0.29, 0.717) is 19.3 Å². The van der Waals surface area contributed by atoms with Gasteiger partial charge >= 0.3 is 5.97 Å². The zero-order valence-corrected chi connectivity index (χ0v) is 11.9. The van der Waals surface area contributed by atoms with Crippen LogP contribution in [-0.4, -0.2) is 17.0 Å². The average Bonchev–Trinajstić information content (AvgIpc) is 2.88. The predicted octanol–water partition coefficient (Wildman–Crippen LogP) is 2.67. The summed E-state index contributed by atoms with van der Waals surface area (Å²) < 4.78 is 0. The monoisotopic (exact) mass is 275 g/mol. The lowest BCUT2D eigenvalue weighted by molar-refractivity contribution is -0.141. The first kappa shape index (κ1) is 14.6. The molecule has 3 atom stereocenters. The third kappa shape index (κ3) is 3.18. The Hall–Kier alpha value is -1.84. The quantitative estimate of drug-likeness (QED) is 0.887. The molecule has 0 aliphatic heterocycles. The Morgan fingerprint density at radius 3 is 2.50 bits per heavy atom. The summed E-state index contributed by atoms with van der Waals surface area (Å²) >= 11 is 0. The Balaban J connectivity index is 1.95. The van der Waals surface area contributed by atoms with Gasteiger partial charge < -0.3 is 10.4 Å². The molecule has 1 amide bonds. The van der Waals surface area contributed by atoms with Gasteiger partial charge in [-0.05, 0) is 44.2 Å². The van der Waals surface area contributed by atoms with Crippen molar-refractivity contribution in [1.82, 2.24) is 5.32 Å². The fraction of sp³-hybridized carbons (Fsp3) is 0.500. The minimum absolute atomic E-state index is 0.0236. The Kier molecular flexibility index (Phi) is 4.42. The molecule has 0 radical (unpaired) electrons. The first-order valence-corrected chi connectivity index (χ1v) is 7.07. The fourth-order valence-electron chi connectivity index (χ4n) is 2.93. The summed E-state index contributed by atoms with van der Waals surface area (Å²) in [7, 11) is 0. The van der Waals surface area contributed by atoms with Crippen LogP contribution in [0.3, 0.4) is 0 Å². The number of carbonyl (C=O) groups is 2. The highest BCUT2D eigenvalue weighted by Gasteiger charge is 2.34. The Bertz CT molecular complexity index is 512. The van der Waals surface area contributed by atoms with Crippen molar-refractivity contribution >= 4 is 11.9 Å². The second-order valence-corrected chi connectivity index (χ2v) is 5.63. The highest BCUT2D eigenvalue weighted by Crippen LogP contribution is 2.31. The number of benzene rings is 1. The first-order valence-electron chi connectivity index (χ1n) is 7.07. The van der Waals surface area contributed by atoms with E-state index in [4.69, 9.17) is 5.11 Å². The zero-order chi connectivity index (χ0) is 14.7. The fourth-order valence-corrected chi connectivity index (χ4v) is 2.93. The number of carboxylic acid groups (broad SMARTS) is 1. The maximum Gasteiger partial charge on any atom is 0.306 e. The third-order valence-electron chi connectivity index (χ3n) is 4.17. The van der Waals surface area contributed by atoms with Crippen LogP contribution in [0.4, 0.5) is 0 Å². The van der Waals surface area contributed by atoms with E-state index < -0.39 is 5.97 Å². The molecule has 0 heterocycles. The highest BCUT2D eigenvalue weighted by atomic mass is 16.4. The molecule has 1 aliphatic rings. The SMILES string of the molecule is Cc1ccccc1C(C)NC(=O)[C@@H]1CC[C@H](C(=O)O)C1. The molecule has 2 rings (SSSR count). The van der Waals surface area contributed by atoms with E-state index in [2.05, 4.69) is 5.32 Å². The molecule has 1 aromatic carbocycles. The summed E-state index contributed by atoms with van der Waals surface area (Å²) in [6.45, 7) is 3.98. The minimum atomic E-state index is -0.785. The number of hydrogen-bond donors (Lipinski definition) is 2. The van der Waals surface area contributed by atoms with Gasteiger partial charge in [0.15, 0.2) is 0 Å². The second-order valence-electron chi connectivity index (χ2n) is 5.63. The van der Waals surface area contributed by atoms with Crippen molar-refractivity contribution in [2.75, 3.05) is 0 Å². The number of rotatable bonds is 4. The van der Waals surface area contributed by atoms with Gasteiger partial charge in [-0.2, -0.15) is 0 Å². The Morgan fingerprint density at radius 1 is 1.25 bits per heavy atom. The second kappa shape index (κ2) is 6.07. The van der Waals surface area contributed by atoms with Crippen LogP contribution in [0.25, 0.3) is 0 Å². The zero-order valence-electron chi connectivity index (χ0n) is 11.9. The molecular formula is C16H21NO3. The molecule has 1 saturated carbocycles. The lowest BCUT2D eigenvalue weighted by atomic mass is 10.0. The van der Waals surface area contributed by atoms with E-state index in [0.717, 1.165) is 11.1 Å². The molecule has 0 spiro atoms. The number of carboxylic acids is 1. The standard InChI is InChI=1S/C16H21NO3/c1-10-5-3-4-6-14(10)11(2)17-15(18)12-7-8-13(9-12)16(19)20/h3-6,11-13H,7-9H2,1-2H3,(H,17,18)(H,19,20)/t11?,12-,13+/m1/s1. The van der Waals surface area contributed by atoms with Crippen LogP contribution in [0.15, 0.2) is 24.3 Å². The van der Waals surface area contributed by atoms with Crippen LogP contribution < -0.4 is 5.32 Å². The molecule has 108 valence electrons. The normalized spacial score (nSPS) is 23.3. The van der Waals surface area contributed by atoms with Gasteiger partial charge in [-0.1, -0.05) is 24.3 Å². The smallest absolute Gasteiger partial charge is 0.306 e. The summed E-state index contributed by atoms with van der Waals surface area (Å²) in [5, 5.41) is 12.0. The number of carbonyl (C=O) groups excluding carboxylic acids is 1. The van der Waals surface area contributed by atoms with Crippen molar-refractivity contribution in [1.29, 1.82) is 0 Å². The van der Waals surface area contributed by atoms with Crippen LogP contribution in [0.5, 0.6) is 0 Å². The van der Waals surface area contributed by atoms with E-state index in [1.807, 2.05) is 38.1 Å². The van der Waals surface area contributed by atoms with Gasteiger partial charge in [-0.3, -0.25) is 9.59 Å². The van der Waals surface area contributed by atoms with Crippen molar-refractivity contribution in [3.05, 3.63) is 35.4 Å². The first-order chi connectivity index (χ1) is 9.49. The molecule has 0 aromatic heterocycles. The van der Waals surface area contributed by atoms with Crippen LogP contribution in [0.1, 0.15) is 43.4 Å². The van der Waals surface area contributed by atoms with Crippen LogP contribution >= 0.6 is 0 Å².